The molecule has 0 heterocycles. The van der Waals surface area contributed by atoms with Gasteiger partial charge < -0.3 is 20.5 Å². The number of anilines is 1. The number of hydrogen-bond donors (Lipinski definition) is 2. The second-order valence-corrected chi connectivity index (χ2v) is 5.34. The van der Waals surface area contributed by atoms with E-state index >= 15 is 0 Å². The number of carbonyl (C=O) groups excluding carboxylic acids is 1. The highest BCUT2D eigenvalue weighted by atomic mass is 16.5. The van der Waals surface area contributed by atoms with E-state index in [0.717, 1.165) is 0 Å². The van der Waals surface area contributed by atoms with Crippen molar-refractivity contribution in [2.45, 2.75) is 25.8 Å². The smallest absolute Gasteiger partial charge is 0.254 e. The first kappa shape index (κ1) is 14.7. The number of hydrogen-bond acceptors (Lipinski definition) is 4. The minimum atomic E-state index is -0.0863. The molecule has 1 aliphatic carbocycles. The summed E-state index contributed by atoms with van der Waals surface area (Å²) in [6, 6.07) is 4.82. The van der Waals surface area contributed by atoms with Gasteiger partial charge in [0.05, 0.1) is 12.3 Å². The van der Waals surface area contributed by atoms with Crippen LogP contribution in [0.15, 0.2) is 18.2 Å². The molecule has 0 bridgehead atoms. The Hall–Kier alpha value is -1.75. The molecule has 1 fully saturated rings. The fourth-order valence-electron chi connectivity index (χ4n) is 2.36. The third kappa shape index (κ3) is 3.22. The second-order valence-electron chi connectivity index (χ2n) is 5.34. The molecule has 5 nitrogen and oxygen atoms in total. The quantitative estimate of drug-likeness (QED) is 0.615. The molecule has 110 valence electrons. The summed E-state index contributed by atoms with van der Waals surface area (Å²) in [5.74, 6) is 0.441. The van der Waals surface area contributed by atoms with Crippen LogP contribution in [0.1, 0.15) is 30.1 Å². The fraction of sp³-hybridized carbons (Fsp3) is 0.533. The minimum Gasteiger partial charge on any atom is -0.506 e. The summed E-state index contributed by atoms with van der Waals surface area (Å²) in [6.07, 6.45) is 2.34. The van der Waals surface area contributed by atoms with E-state index < -0.39 is 0 Å². The first-order valence-corrected chi connectivity index (χ1v) is 6.93. The SMILES string of the molecule is COCCN(C(=O)c1ccc(N)c(O)c1)C(C)C1CC1. The van der Waals surface area contributed by atoms with E-state index in [1.807, 2.05) is 4.90 Å². The normalized spacial score (nSPS) is 15.9. The van der Waals surface area contributed by atoms with E-state index in [2.05, 4.69) is 6.92 Å². The molecule has 2 rings (SSSR count). The van der Waals surface area contributed by atoms with Crippen LogP contribution in [0, 0.1) is 5.92 Å². The van der Waals surface area contributed by atoms with Crippen molar-refractivity contribution < 1.29 is 14.6 Å². The molecule has 1 atom stereocenters. The number of rotatable bonds is 6. The number of carbonyl (C=O) groups is 1. The van der Waals surface area contributed by atoms with Gasteiger partial charge in [-0.2, -0.15) is 0 Å². The molecule has 0 aliphatic heterocycles. The summed E-state index contributed by atoms with van der Waals surface area (Å²) in [6.45, 7) is 3.13. The summed E-state index contributed by atoms with van der Waals surface area (Å²) < 4.78 is 5.09. The lowest BCUT2D eigenvalue weighted by molar-refractivity contribution is 0.0594. The highest BCUT2D eigenvalue weighted by Crippen LogP contribution is 2.35. The number of ether oxygens (including phenoxy) is 1. The van der Waals surface area contributed by atoms with Gasteiger partial charge >= 0.3 is 0 Å². The number of methoxy groups -OCH3 is 1. The zero-order chi connectivity index (χ0) is 14.7. The molecule has 0 radical (unpaired) electrons. The van der Waals surface area contributed by atoms with E-state index in [0.29, 0.717) is 24.6 Å². The molecule has 1 amide bonds. The molecule has 3 N–H and O–H groups in total. The summed E-state index contributed by atoms with van der Waals surface area (Å²) in [4.78, 5) is 14.4. The van der Waals surface area contributed by atoms with Crippen molar-refractivity contribution in [1.82, 2.24) is 4.90 Å². The number of phenols is 1. The monoisotopic (exact) mass is 278 g/mol. The van der Waals surface area contributed by atoms with Crippen molar-refractivity contribution in [3.63, 3.8) is 0 Å². The van der Waals surface area contributed by atoms with Crippen LogP contribution in [0.3, 0.4) is 0 Å². The third-order valence-corrected chi connectivity index (χ3v) is 3.87. The van der Waals surface area contributed by atoms with E-state index in [4.69, 9.17) is 10.5 Å². The second kappa shape index (κ2) is 6.13. The highest BCUT2D eigenvalue weighted by molar-refractivity contribution is 5.95. The van der Waals surface area contributed by atoms with Gasteiger partial charge in [-0.05, 0) is 43.9 Å². The van der Waals surface area contributed by atoms with Gasteiger partial charge in [0.1, 0.15) is 5.75 Å². The Morgan fingerprint density at radius 3 is 2.80 bits per heavy atom. The average molecular weight is 278 g/mol. The van der Waals surface area contributed by atoms with Crippen LogP contribution in [-0.2, 0) is 4.74 Å². The summed E-state index contributed by atoms with van der Waals surface area (Å²) in [7, 11) is 1.62. The molecule has 1 saturated carbocycles. The average Bonchev–Trinajstić information content (AvgIpc) is 3.26. The van der Waals surface area contributed by atoms with Crippen LogP contribution < -0.4 is 5.73 Å². The van der Waals surface area contributed by atoms with Crippen molar-refractivity contribution >= 4 is 11.6 Å². The zero-order valence-electron chi connectivity index (χ0n) is 12.0. The van der Waals surface area contributed by atoms with Crippen LogP contribution in [0.4, 0.5) is 5.69 Å². The predicted molar refractivity (Wildman–Crippen MR) is 77.6 cm³/mol. The van der Waals surface area contributed by atoms with Gasteiger partial charge in [-0.1, -0.05) is 0 Å². The Balaban J connectivity index is 2.17. The zero-order valence-corrected chi connectivity index (χ0v) is 12.0. The van der Waals surface area contributed by atoms with Crippen LogP contribution in [-0.4, -0.2) is 42.2 Å². The van der Waals surface area contributed by atoms with Crippen LogP contribution in [0.25, 0.3) is 0 Å². The largest absolute Gasteiger partial charge is 0.506 e. The molecule has 1 aliphatic rings. The number of nitrogens with two attached hydrogens (primary N) is 1. The van der Waals surface area contributed by atoms with Gasteiger partial charge in [0, 0.05) is 25.3 Å². The van der Waals surface area contributed by atoms with Crippen LogP contribution in [0.2, 0.25) is 0 Å². The minimum absolute atomic E-state index is 0.0541. The Morgan fingerprint density at radius 1 is 1.55 bits per heavy atom. The van der Waals surface area contributed by atoms with Gasteiger partial charge in [0.2, 0.25) is 0 Å². The van der Waals surface area contributed by atoms with E-state index in [1.165, 1.54) is 18.9 Å². The molecule has 20 heavy (non-hydrogen) atoms. The number of phenolic OH excluding ortho intramolecular Hbond substituents is 1. The Kier molecular flexibility index (Phi) is 4.49. The Morgan fingerprint density at radius 2 is 2.25 bits per heavy atom. The van der Waals surface area contributed by atoms with Crippen molar-refractivity contribution in [2.75, 3.05) is 26.0 Å². The maximum Gasteiger partial charge on any atom is 0.254 e. The fourth-order valence-corrected chi connectivity index (χ4v) is 2.36. The molecule has 1 aromatic rings. The first-order chi connectivity index (χ1) is 9.54. The summed E-state index contributed by atoms with van der Waals surface area (Å²) in [5, 5.41) is 9.65. The van der Waals surface area contributed by atoms with Gasteiger partial charge in [-0.15, -0.1) is 0 Å². The standard InChI is InChI=1S/C15H22N2O3/c1-10(11-3-4-11)17(7-8-20-2)15(19)12-5-6-13(16)14(18)9-12/h5-6,9-11,18H,3-4,7-8,16H2,1-2H3. The third-order valence-electron chi connectivity index (χ3n) is 3.87. The summed E-state index contributed by atoms with van der Waals surface area (Å²) in [5.41, 5.74) is 6.30. The Bertz CT molecular complexity index is 486. The molecule has 1 aromatic carbocycles. The van der Waals surface area contributed by atoms with Gasteiger partial charge in [0.15, 0.2) is 0 Å². The Labute approximate surface area is 119 Å². The molecular formula is C15H22N2O3. The number of amides is 1. The maximum atomic E-state index is 12.6. The lowest BCUT2D eigenvalue weighted by atomic mass is 10.1. The van der Waals surface area contributed by atoms with Gasteiger partial charge in [-0.3, -0.25) is 4.79 Å². The molecule has 5 heteroatoms. The first-order valence-electron chi connectivity index (χ1n) is 6.93. The molecule has 0 saturated heterocycles. The van der Waals surface area contributed by atoms with Crippen molar-refractivity contribution in [3.8, 4) is 5.75 Å². The predicted octanol–water partition coefficient (Wildman–Crippen LogP) is 1.86. The molecule has 1 unspecified atom stereocenters. The molecular weight excluding hydrogens is 256 g/mol. The van der Waals surface area contributed by atoms with Crippen LogP contribution >= 0.6 is 0 Å². The lowest BCUT2D eigenvalue weighted by Gasteiger charge is -2.29. The number of nitrogens with zero attached hydrogens (tertiary/aromatic N) is 1. The van der Waals surface area contributed by atoms with Crippen molar-refractivity contribution in [2.24, 2.45) is 5.92 Å². The molecule has 0 spiro atoms. The topological polar surface area (TPSA) is 75.8 Å². The van der Waals surface area contributed by atoms with Crippen molar-refractivity contribution in [3.05, 3.63) is 23.8 Å². The van der Waals surface area contributed by atoms with Gasteiger partial charge in [-0.25, -0.2) is 0 Å². The number of benzene rings is 1. The van der Waals surface area contributed by atoms with Gasteiger partial charge in [0.25, 0.3) is 5.91 Å². The lowest BCUT2D eigenvalue weighted by Crippen LogP contribution is -2.42. The van der Waals surface area contributed by atoms with E-state index in [1.54, 1.807) is 19.2 Å². The van der Waals surface area contributed by atoms with E-state index in [-0.39, 0.29) is 23.4 Å². The maximum absolute atomic E-state index is 12.6. The highest BCUT2D eigenvalue weighted by Gasteiger charge is 2.34. The van der Waals surface area contributed by atoms with Crippen LogP contribution in [0.5, 0.6) is 5.75 Å². The van der Waals surface area contributed by atoms with E-state index in [9.17, 15) is 9.90 Å². The number of aromatic hydroxyl groups is 1. The summed E-state index contributed by atoms with van der Waals surface area (Å²) >= 11 is 0. The molecule has 0 aromatic heterocycles. The van der Waals surface area contributed by atoms with Crippen molar-refractivity contribution in [1.29, 1.82) is 0 Å². The number of nitrogen functional groups attached to an aromatic ring is 1.